The summed E-state index contributed by atoms with van der Waals surface area (Å²) in [4.78, 5) is 33.9. The molecule has 2 aromatic carbocycles. The number of rotatable bonds is 23. The van der Waals surface area contributed by atoms with Crippen LogP contribution in [0.5, 0.6) is 0 Å². The number of unbranched alkanes of at least 4 members (excludes halogenated alkanes) is 13. The molecule has 46 heavy (non-hydrogen) atoms. The van der Waals surface area contributed by atoms with Gasteiger partial charge in [0, 0.05) is 17.4 Å². The standard InChI is InChI=1S/C35H48N2O6S2.Na/c1-2-3-4-5-6-7-8-9-10-11-12-13-14-18-25-32(45(41,42)43)33-36-29-24-20-19-23-28(29)34(37-33)44-31(35(39)40)26-30(38)27-21-16-15-17-22-27;/h15-17,19-24,31-32H,2-14,18,25-26H2,1H3,(H,39,40)(H,41,42,43);/q;+1/p-1. The van der Waals surface area contributed by atoms with Crippen LogP contribution < -0.4 is 29.6 Å². The number of aliphatic carboxylic acids is 1. The van der Waals surface area contributed by atoms with Crippen LogP contribution in [0.2, 0.25) is 0 Å². The number of benzene rings is 2. The van der Waals surface area contributed by atoms with E-state index >= 15 is 0 Å². The normalized spacial score (nSPS) is 12.8. The number of hydrogen-bond acceptors (Lipinski definition) is 8. The number of hydrogen-bond donors (Lipinski definition) is 1. The van der Waals surface area contributed by atoms with Crippen molar-refractivity contribution in [3.05, 3.63) is 66.0 Å². The Morgan fingerprint density at radius 3 is 1.85 bits per heavy atom. The van der Waals surface area contributed by atoms with Crippen LogP contribution in [0.3, 0.4) is 0 Å². The second-order valence-corrected chi connectivity index (χ2v) is 14.5. The fourth-order valence-corrected chi connectivity index (χ4v) is 7.32. The molecule has 0 aliphatic rings. The van der Waals surface area contributed by atoms with E-state index in [1.54, 1.807) is 54.6 Å². The van der Waals surface area contributed by atoms with E-state index in [1.807, 2.05) is 0 Å². The summed E-state index contributed by atoms with van der Waals surface area (Å²) in [5.41, 5.74) is 0.821. The smallest absolute Gasteiger partial charge is 0.747 e. The predicted octanol–water partition coefficient (Wildman–Crippen LogP) is 5.91. The number of carbonyl (C=O) groups excluding carboxylic acids is 1. The molecule has 246 valence electrons. The minimum atomic E-state index is -4.78. The minimum Gasteiger partial charge on any atom is -0.747 e. The van der Waals surface area contributed by atoms with Gasteiger partial charge in [0.1, 0.15) is 31.5 Å². The SMILES string of the molecule is CCCCCCCCCCCCCCCCC(c1nc(SC(CC(=O)c2ccccc2)C(=O)O)c2ccccc2n1)S(=O)(=O)[O-].[Na+]. The van der Waals surface area contributed by atoms with E-state index in [0.717, 1.165) is 37.4 Å². The molecule has 8 nitrogen and oxygen atoms in total. The molecule has 0 saturated heterocycles. The number of ketones is 1. The van der Waals surface area contributed by atoms with Crippen LogP contribution in [0.15, 0.2) is 59.6 Å². The van der Waals surface area contributed by atoms with E-state index in [1.165, 1.54) is 57.8 Å². The quantitative estimate of drug-likeness (QED) is 0.0324. The first kappa shape index (κ1) is 40.4. The largest absolute Gasteiger partial charge is 1.00 e. The van der Waals surface area contributed by atoms with Crippen molar-refractivity contribution in [3.63, 3.8) is 0 Å². The first-order valence-corrected chi connectivity index (χ1v) is 18.7. The van der Waals surface area contributed by atoms with Crippen molar-refractivity contribution < 1.29 is 57.2 Å². The molecule has 11 heteroatoms. The average Bonchev–Trinajstić information content (AvgIpc) is 3.02. The molecule has 1 N–H and O–H groups in total. The fourth-order valence-electron chi connectivity index (χ4n) is 5.45. The number of carboxylic acid groups (broad SMARTS) is 1. The molecule has 0 amide bonds. The molecule has 0 radical (unpaired) electrons. The van der Waals surface area contributed by atoms with Crippen LogP contribution in [0.4, 0.5) is 0 Å². The Morgan fingerprint density at radius 2 is 1.30 bits per heavy atom. The van der Waals surface area contributed by atoms with Gasteiger partial charge in [-0.3, -0.25) is 9.59 Å². The van der Waals surface area contributed by atoms with E-state index in [-0.39, 0.29) is 59.0 Å². The number of fused-ring (bicyclic) bond motifs is 1. The summed E-state index contributed by atoms with van der Waals surface area (Å²) in [7, 11) is -4.78. The maximum atomic E-state index is 12.8. The molecule has 0 fully saturated rings. The summed E-state index contributed by atoms with van der Waals surface area (Å²) >= 11 is 0.872. The van der Waals surface area contributed by atoms with Gasteiger partial charge in [0.2, 0.25) is 0 Å². The molecular weight excluding hydrogens is 632 g/mol. The Labute approximate surface area is 301 Å². The number of nitrogens with zero attached hydrogens (tertiary/aromatic N) is 2. The van der Waals surface area contributed by atoms with E-state index in [0.29, 0.717) is 22.9 Å². The zero-order chi connectivity index (χ0) is 32.5. The van der Waals surface area contributed by atoms with E-state index in [9.17, 15) is 27.7 Å². The maximum Gasteiger partial charge on any atom is 1.00 e. The Bertz CT molecular complexity index is 1460. The van der Waals surface area contributed by atoms with Gasteiger partial charge >= 0.3 is 35.5 Å². The van der Waals surface area contributed by atoms with Gasteiger partial charge in [-0.15, -0.1) is 0 Å². The number of carboxylic acids is 1. The third-order valence-corrected chi connectivity index (χ3v) is 10.4. The van der Waals surface area contributed by atoms with Gasteiger partial charge in [-0.2, -0.15) is 0 Å². The van der Waals surface area contributed by atoms with Crippen molar-refractivity contribution in [1.82, 2.24) is 9.97 Å². The van der Waals surface area contributed by atoms with Crippen molar-refractivity contribution in [2.24, 2.45) is 0 Å². The van der Waals surface area contributed by atoms with Crippen LogP contribution in [0.25, 0.3) is 10.9 Å². The van der Waals surface area contributed by atoms with Crippen molar-refractivity contribution >= 4 is 44.5 Å². The molecule has 0 aliphatic heterocycles. The summed E-state index contributed by atoms with van der Waals surface area (Å²) in [6.07, 6.45) is 16.1. The number of para-hydroxylation sites is 1. The van der Waals surface area contributed by atoms with E-state index in [4.69, 9.17) is 0 Å². The predicted molar refractivity (Wildman–Crippen MR) is 180 cm³/mol. The fraction of sp³-hybridized carbons (Fsp3) is 0.543. The summed E-state index contributed by atoms with van der Waals surface area (Å²) in [5.74, 6) is -1.64. The molecule has 1 heterocycles. The van der Waals surface area contributed by atoms with Crippen LogP contribution in [0.1, 0.15) is 131 Å². The molecule has 3 rings (SSSR count). The van der Waals surface area contributed by atoms with Gasteiger partial charge in [-0.1, -0.05) is 157 Å². The number of carbonyl (C=O) groups is 2. The first-order valence-electron chi connectivity index (χ1n) is 16.4. The molecule has 0 saturated carbocycles. The van der Waals surface area contributed by atoms with Gasteiger partial charge in [-0.05, 0) is 12.5 Å². The second-order valence-electron chi connectivity index (χ2n) is 11.7. The zero-order valence-electron chi connectivity index (χ0n) is 27.4. The van der Waals surface area contributed by atoms with Crippen LogP contribution >= 0.6 is 11.8 Å². The van der Waals surface area contributed by atoms with Crippen LogP contribution in [0, 0.1) is 0 Å². The van der Waals surface area contributed by atoms with E-state index < -0.39 is 26.6 Å². The second kappa shape index (κ2) is 21.9. The summed E-state index contributed by atoms with van der Waals surface area (Å²) < 4.78 is 37.2. The zero-order valence-corrected chi connectivity index (χ0v) is 31.0. The monoisotopic (exact) mass is 678 g/mol. The van der Waals surface area contributed by atoms with E-state index in [2.05, 4.69) is 16.9 Å². The van der Waals surface area contributed by atoms with Gasteiger partial charge in [0.05, 0.1) is 5.52 Å². The Morgan fingerprint density at radius 1 is 0.783 bits per heavy atom. The van der Waals surface area contributed by atoms with Crippen LogP contribution in [-0.4, -0.2) is 45.0 Å². The minimum absolute atomic E-state index is 0. The topological polar surface area (TPSA) is 137 Å². The third-order valence-electron chi connectivity index (χ3n) is 8.04. The van der Waals surface area contributed by atoms with Crippen molar-refractivity contribution in [1.29, 1.82) is 0 Å². The summed E-state index contributed by atoms with van der Waals surface area (Å²) in [6, 6.07) is 15.3. The molecule has 2 unspecified atom stereocenters. The molecule has 3 aromatic rings. The van der Waals surface area contributed by atoms with Gasteiger partial charge in [-0.25, -0.2) is 18.4 Å². The van der Waals surface area contributed by atoms with Crippen molar-refractivity contribution in [2.45, 2.75) is 125 Å². The number of Topliss-reactive ketones (excluding diaryl/α,β-unsaturated/α-hetero) is 1. The average molecular weight is 679 g/mol. The van der Waals surface area contributed by atoms with Gasteiger partial charge in [0.25, 0.3) is 0 Å². The molecule has 1 aromatic heterocycles. The molecule has 0 spiro atoms. The van der Waals surface area contributed by atoms with Gasteiger partial charge < -0.3 is 9.66 Å². The number of aromatic nitrogens is 2. The molecule has 0 bridgehead atoms. The molecule has 2 atom stereocenters. The Hall–Kier alpha value is -1.82. The van der Waals surface area contributed by atoms with Crippen molar-refractivity contribution in [2.75, 3.05) is 0 Å². The third kappa shape index (κ3) is 14.1. The summed E-state index contributed by atoms with van der Waals surface area (Å²) in [5, 5.41) is 8.10. The maximum absolute atomic E-state index is 12.8. The number of thioether (sulfide) groups is 1. The Balaban J connectivity index is 0.00000736. The first-order chi connectivity index (χ1) is 21.7. The summed E-state index contributed by atoms with van der Waals surface area (Å²) in [6.45, 7) is 2.24. The Kier molecular flexibility index (Phi) is 19.2. The van der Waals surface area contributed by atoms with Crippen LogP contribution in [-0.2, 0) is 14.9 Å². The van der Waals surface area contributed by atoms with Crippen molar-refractivity contribution in [3.8, 4) is 0 Å². The molecule has 0 aliphatic carbocycles. The molecular formula is C35H47N2NaO6S2. The van der Waals surface area contributed by atoms with Gasteiger partial charge in [0.15, 0.2) is 5.78 Å².